The number of phenolic OH excluding ortho intramolecular Hbond substituents is 1. The first-order valence-electron chi connectivity index (χ1n) is 7.48. The van der Waals surface area contributed by atoms with Crippen molar-refractivity contribution < 1.29 is 9.90 Å². The number of hydrogen-bond acceptors (Lipinski definition) is 3. The fraction of sp³-hybridized carbons (Fsp3) is 0.562. The minimum atomic E-state index is -0.0603. The summed E-state index contributed by atoms with van der Waals surface area (Å²) in [5, 5.41) is 12.8. The van der Waals surface area contributed by atoms with Crippen LogP contribution in [0.15, 0.2) is 18.2 Å². The predicted molar refractivity (Wildman–Crippen MR) is 77.9 cm³/mol. The van der Waals surface area contributed by atoms with Gasteiger partial charge in [0.25, 0.3) is 5.91 Å². The third-order valence-corrected chi connectivity index (χ3v) is 4.71. The van der Waals surface area contributed by atoms with Gasteiger partial charge in [-0.2, -0.15) is 0 Å². The van der Waals surface area contributed by atoms with Crippen LogP contribution >= 0.6 is 0 Å². The largest absolute Gasteiger partial charge is 0.508 e. The van der Waals surface area contributed by atoms with Gasteiger partial charge in [-0.15, -0.1) is 0 Å². The van der Waals surface area contributed by atoms with Gasteiger partial charge in [0.05, 0.1) is 0 Å². The maximum atomic E-state index is 12.3. The Balaban J connectivity index is 1.65. The van der Waals surface area contributed by atoms with E-state index >= 15 is 0 Å². The second-order valence-corrected chi connectivity index (χ2v) is 5.98. The summed E-state index contributed by atoms with van der Waals surface area (Å²) >= 11 is 0. The van der Waals surface area contributed by atoms with Crippen molar-refractivity contribution in [1.29, 1.82) is 0 Å². The first-order chi connectivity index (χ1) is 9.65. The molecule has 0 saturated carbocycles. The van der Waals surface area contributed by atoms with Gasteiger partial charge in [-0.3, -0.25) is 4.79 Å². The van der Waals surface area contributed by atoms with Crippen molar-refractivity contribution in [2.24, 2.45) is 0 Å². The SMILES string of the molecule is Cc1c(O)cccc1C(=O)NC1CCN2CCCC2C1. The minimum Gasteiger partial charge on any atom is -0.508 e. The number of hydrogen-bond donors (Lipinski definition) is 2. The average molecular weight is 274 g/mol. The summed E-state index contributed by atoms with van der Waals surface area (Å²) in [6, 6.07) is 6.03. The molecular weight excluding hydrogens is 252 g/mol. The zero-order valence-corrected chi connectivity index (χ0v) is 11.9. The second-order valence-electron chi connectivity index (χ2n) is 5.98. The first-order valence-corrected chi connectivity index (χ1v) is 7.48. The van der Waals surface area contributed by atoms with Crippen molar-refractivity contribution in [3.8, 4) is 5.75 Å². The van der Waals surface area contributed by atoms with Crippen LogP contribution in [0.1, 0.15) is 41.6 Å². The van der Waals surface area contributed by atoms with Crippen LogP contribution in [0.25, 0.3) is 0 Å². The Kier molecular flexibility index (Phi) is 3.66. The molecule has 3 rings (SSSR count). The van der Waals surface area contributed by atoms with E-state index in [0.717, 1.165) is 19.4 Å². The van der Waals surface area contributed by atoms with E-state index in [1.807, 2.05) is 0 Å². The molecule has 2 saturated heterocycles. The van der Waals surface area contributed by atoms with Crippen molar-refractivity contribution in [3.63, 3.8) is 0 Å². The molecule has 0 radical (unpaired) electrons. The summed E-state index contributed by atoms with van der Waals surface area (Å²) in [4.78, 5) is 14.9. The lowest BCUT2D eigenvalue weighted by atomic mass is 9.97. The summed E-state index contributed by atoms with van der Waals surface area (Å²) in [7, 11) is 0. The molecule has 2 aliphatic heterocycles. The van der Waals surface area contributed by atoms with E-state index in [-0.39, 0.29) is 17.7 Å². The van der Waals surface area contributed by atoms with Crippen molar-refractivity contribution >= 4 is 5.91 Å². The molecule has 4 nitrogen and oxygen atoms in total. The summed E-state index contributed by atoms with van der Waals surface area (Å²) < 4.78 is 0. The Hall–Kier alpha value is -1.55. The van der Waals surface area contributed by atoms with Gasteiger partial charge < -0.3 is 15.3 Å². The quantitative estimate of drug-likeness (QED) is 0.868. The number of phenols is 1. The maximum absolute atomic E-state index is 12.3. The molecule has 0 bridgehead atoms. The highest BCUT2D eigenvalue weighted by Crippen LogP contribution is 2.27. The number of carbonyl (C=O) groups is 1. The molecule has 2 atom stereocenters. The molecule has 0 aromatic heterocycles. The molecule has 108 valence electrons. The van der Waals surface area contributed by atoms with Crippen molar-refractivity contribution in [2.75, 3.05) is 13.1 Å². The molecule has 4 heteroatoms. The zero-order chi connectivity index (χ0) is 14.1. The van der Waals surface area contributed by atoms with E-state index in [4.69, 9.17) is 0 Å². The Labute approximate surface area is 119 Å². The smallest absolute Gasteiger partial charge is 0.251 e. The zero-order valence-electron chi connectivity index (χ0n) is 11.9. The number of nitrogens with one attached hydrogen (secondary N) is 1. The molecule has 1 aromatic rings. The molecule has 2 fully saturated rings. The molecule has 2 heterocycles. The van der Waals surface area contributed by atoms with Gasteiger partial charge in [0.1, 0.15) is 5.75 Å². The maximum Gasteiger partial charge on any atom is 0.251 e. The number of fused-ring (bicyclic) bond motifs is 1. The van der Waals surface area contributed by atoms with Crippen LogP contribution in [0.2, 0.25) is 0 Å². The van der Waals surface area contributed by atoms with Gasteiger partial charge in [0.15, 0.2) is 0 Å². The second kappa shape index (κ2) is 5.44. The number of benzene rings is 1. The third kappa shape index (κ3) is 2.52. The van der Waals surface area contributed by atoms with Crippen LogP contribution in [0.3, 0.4) is 0 Å². The van der Waals surface area contributed by atoms with Gasteiger partial charge in [-0.1, -0.05) is 6.07 Å². The van der Waals surface area contributed by atoms with Gasteiger partial charge in [-0.25, -0.2) is 0 Å². The number of amides is 1. The fourth-order valence-corrected chi connectivity index (χ4v) is 3.49. The lowest BCUT2D eigenvalue weighted by molar-refractivity contribution is 0.0895. The van der Waals surface area contributed by atoms with E-state index in [1.165, 1.54) is 19.4 Å². The summed E-state index contributed by atoms with van der Waals surface area (Å²) in [5.74, 6) is 0.123. The standard InChI is InChI=1S/C16H22N2O2/c1-11-14(5-2-6-15(11)19)16(20)17-12-7-9-18-8-3-4-13(18)10-12/h2,5-6,12-13,19H,3-4,7-10H2,1H3,(H,17,20). The van der Waals surface area contributed by atoms with Crippen molar-refractivity contribution in [3.05, 3.63) is 29.3 Å². The van der Waals surface area contributed by atoms with E-state index in [1.54, 1.807) is 25.1 Å². The fourth-order valence-electron chi connectivity index (χ4n) is 3.49. The number of aromatic hydroxyl groups is 1. The lowest BCUT2D eigenvalue weighted by Crippen LogP contribution is -2.47. The first kappa shape index (κ1) is 13.4. The normalized spacial score (nSPS) is 26.2. The molecule has 1 aromatic carbocycles. The Bertz CT molecular complexity index is 515. The van der Waals surface area contributed by atoms with Gasteiger partial charge in [-0.05, 0) is 51.3 Å². The molecular formula is C16H22N2O2. The number of piperidine rings is 1. The van der Waals surface area contributed by atoms with Crippen LogP contribution in [-0.2, 0) is 0 Å². The number of carbonyl (C=O) groups excluding carboxylic acids is 1. The highest BCUT2D eigenvalue weighted by Gasteiger charge is 2.32. The lowest BCUT2D eigenvalue weighted by Gasteiger charge is -2.35. The summed E-state index contributed by atoms with van der Waals surface area (Å²) in [6.07, 6.45) is 4.64. The Morgan fingerprint density at radius 3 is 3.05 bits per heavy atom. The summed E-state index contributed by atoms with van der Waals surface area (Å²) in [6.45, 7) is 4.09. The topological polar surface area (TPSA) is 52.6 Å². The molecule has 2 unspecified atom stereocenters. The number of nitrogens with zero attached hydrogens (tertiary/aromatic N) is 1. The van der Waals surface area contributed by atoms with E-state index in [0.29, 0.717) is 17.2 Å². The minimum absolute atomic E-state index is 0.0603. The van der Waals surface area contributed by atoms with E-state index in [9.17, 15) is 9.90 Å². The van der Waals surface area contributed by atoms with Gasteiger partial charge in [0.2, 0.25) is 0 Å². The molecule has 0 spiro atoms. The van der Waals surface area contributed by atoms with Crippen LogP contribution in [0.5, 0.6) is 5.75 Å². The highest BCUT2D eigenvalue weighted by atomic mass is 16.3. The summed E-state index contributed by atoms with van der Waals surface area (Å²) in [5.41, 5.74) is 1.24. The molecule has 2 aliphatic rings. The van der Waals surface area contributed by atoms with E-state index < -0.39 is 0 Å². The van der Waals surface area contributed by atoms with Crippen LogP contribution < -0.4 is 5.32 Å². The van der Waals surface area contributed by atoms with Crippen molar-refractivity contribution in [1.82, 2.24) is 10.2 Å². The third-order valence-electron chi connectivity index (χ3n) is 4.71. The Morgan fingerprint density at radius 1 is 1.35 bits per heavy atom. The van der Waals surface area contributed by atoms with Crippen molar-refractivity contribution in [2.45, 2.75) is 44.7 Å². The Morgan fingerprint density at radius 2 is 2.20 bits per heavy atom. The van der Waals surface area contributed by atoms with Crippen LogP contribution in [0, 0.1) is 6.92 Å². The average Bonchev–Trinajstić information content (AvgIpc) is 2.89. The van der Waals surface area contributed by atoms with Gasteiger partial charge >= 0.3 is 0 Å². The van der Waals surface area contributed by atoms with E-state index in [2.05, 4.69) is 10.2 Å². The van der Waals surface area contributed by atoms with Crippen LogP contribution in [0.4, 0.5) is 0 Å². The highest BCUT2D eigenvalue weighted by molar-refractivity contribution is 5.96. The molecule has 2 N–H and O–H groups in total. The monoisotopic (exact) mass is 274 g/mol. The molecule has 1 amide bonds. The van der Waals surface area contributed by atoms with Crippen LogP contribution in [-0.4, -0.2) is 41.1 Å². The molecule has 0 aliphatic carbocycles. The predicted octanol–water partition coefficient (Wildman–Crippen LogP) is 2.06. The number of rotatable bonds is 2. The molecule has 20 heavy (non-hydrogen) atoms. The van der Waals surface area contributed by atoms with Gasteiger partial charge in [0, 0.05) is 29.8 Å².